The summed E-state index contributed by atoms with van der Waals surface area (Å²) >= 11 is 0. The Morgan fingerprint density at radius 1 is 1.07 bits per heavy atom. The minimum absolute atomic E-state index is 0.0458. The average molecular weight is 400 g/mol. The molecule has 4 rings (SSSR count). The van der Waals surface area contributed by atoms with Crippen molar-refractivity contribution in [1.29, 1.82) is 0 Å². The van der Waals surface area contributed by atoms with Crippen LogP contribution in [0.1, 0.15) is 16.2 Å². The van der Waals surface area contributed by atoms with Gasteiger partial charge in [0.25, 0.3) is 11.8 Å². The van der Waals surface area contributed by atoms with Crippen LogP contribution in [0.15, 0.2) is 47.0 Å². The van der Waals surface area contributed by atoms with Crippen LogP contribution in [0.3, 0.4) is 0 Å². The van der Waals surface area contributed by atoms with E-state index >= 15 is 0 Å². The molecule has 0 saturated carbocycles. The van der Waals surface area contributed by atoms with Crippen molar-refractivity contribution in [3.05, 3.63) is 65.5 Å². The van der Waals surface area contributed by atoms with Crippen molar-refractivity contribution in [3.8, 4) is 11.5 Å². The number of anilines is 1. The highest BCUT2D eigenvalue weighted by Gasteiger charge is 2.20. The summed E-state index contributed by atoms with van der Waals surface area (Å²) in [4.78, 5) is 18.8. The van der Waals surface area contributed by atoms with Crippen molar-refractivity contribution in [2.24, 2.45) is 0 Å². The number of halogens is 2. The van der Waals surface area contributed by atoms with E-state index in [1.54, 1.807) is 12.1 Å². The van der Waals surface area contributed by atoms with E-state index < -0.39 is 17.2 Å². The molecule has 0 unspecified atom stereocenters. The monoisotopic (exact) mass is 400 g/mol. The summed E-state index contributed by atoms with van der Waals surface area (Å²) < 4.78 is 38.0. The molecule has 1 saturated heterocycles. The van der Waals surface area contributed by atoms with Gasteiger partial charge in [-0.15, -0.1) is 0 Å². The Morgan fingerprint density at radius 3 is 2.55 bits per heavy atom. The van der Waals surface area contributed by atoms with Crippen molar-refractivity contribution in [2.75, 3.05) is 31.2 Å². The SMILES string of the molecule is O=C(NCc1noc(-c2c(F)cccc2F)n1)c1ccccc1N1CCOCC1. The Kier molecular flexibility index (Phi) is 5.48. The van der Waals surface area contributed by atoms with E-state index in [9.17, 15) is 13.6 Å². The molecule has 1 aliphatic rings. The number of aromatic nitrogens is 2. The molecular weight excluding hydrogens is 382 g/mol. The Bertz CT molecular complexity index is 998. The Labute approximate surface area is 165 Å². The van der Waals surface area contributed by atoms with E-state index in [4.69, 9.17) is 9.26 Å². The van der Waals surface area contributed by atoms with Crippen LogP contribution in [-0.4, -0.2) is 42.4 Å². The number of benzene rings is 2. The molecule has 9 heteroatoms. The second-order valence-corrected chi connectivity index (χ2v) is 6.41. The van der Waals surface area contributed by atoms with Gasteiger partial charge in [-0.1, -0.05) is 23.4 Å². The van der Waals surface area contributed by atoms with Crippen molar-refractivity contribution < 1.29 is 22.8 Å². The lowest BCUT2D eigenvalue weighted by Gasteiger charge is -2.30. The molecule has 7 nitrogen and oxygen atoms in total. The molecule has 1 N–H and O–H groups in total. The summed E-state index contributed by atoms with van der Waals surface area (Å²) in [6, 6.07) is 10.7. The molecule has 0 radical (unpaired) electrons. The third-order valence-corrected chi connectivity index (χ3v) is 4.55. The third kappa shape index (κ3) is 4.09. The number of hydrogen-bond donors (Lipinski definition) is 1. The lowest BCUT2D eigenvalue weighted by molar-refractivity contribution is 0.0948. The number of rotatable bonds is 5. The standard InChI is InChI=1S/C20H18F2N4O3/c21-14-5-3-6-15(22)18(14)20-24-17(25-29-20)12-23-19(27)13-4-1-2-7-16(13)26-8-10-28-11-9-26/h1-7H,8-12H2,(H,23,27). The number of hydrogen-bond acceptors (Lipinski definition) is 6. The number of amides is 1. The van der Waals surface area contributed by atoms with Gasteiger partial charge in [0, 0.05) is 18.8 Å². The summed E-state index contributed by atoms with van der Waals surface area (Å²) in [5.74, 6) is -2.08. The van der Waals surface area contributed by atoms with Gasteiger partial charge < -0.3 is 19.5 Å². The maximum Gasteiger partial charge on any atom is 0.263 e. The molecule has 0 spiro atoms. The van der Waals surface area contributed by atoms with E-state index in [0.717, 1.165) is 17.8 Å². The number of nitrogens with one attached hydrogen (secondary N) is 1. The van der Waals surface area contributed by atoms with Crippen LogP contribution in [0, 0.1) is 11.6 Å². The molecule has 0 atom stereocenters. The lowest BCUT2D eigenvalue weighted by atomic mass is 10.1. The Balaban J connectivity index is 1.47. The molecule has 1 aromatic heterocycles. The molecule has 0 aliphatic carbocycles. The van der Waals surface area contributed by atoms with Crippen LogP contribution in [0.25, 0.3) is 11.5 Å². The van der Waals surface area contributed by atoms with Crippen LogP contribution in [-0.2, 0) is 11.3 Å². The molecule has 1 aliphatic heterocycles. The third-order valence-electron chi connectivity index (χ3n) is 4.55. The maximum atomic E-state index is 13.9. The summed E-state index contributed by atoms with van der Waals surface area (Å²) in [6.45, 7) is 2.57. The maximum absolute atomic E-state index is 13.9. The van der Waals surface area contributed by atoms with Gasteiger partial charge in [0.05, 0.1) is 25.3 Å². The number of morpholine rings is 1. The first-order chi connectivity index (χ1) is 14.1. The van der Waals surface area contributed by atoms with Gasteiger partial charge >= 0.3 is 0 Å². The Hall–Kier alpha value is -3.33. The van der Waals surface area contributed by atoms with E-state index in [1.165, 1.54) is 6.07 Å². The summed E-state index contributed by atoms with van der Waals surface area (Å²) in [5.41, 5.74) is 0.934. The van der Waals surface area contributed by atoms with Crippen LogP contribution < -0.4 is 10.2 Å². The van der Waals surface area contributed by atoms with Crippen LogP contribution >= 0.6 is 0 Å². The first-order valence-electron chi connectivity index (χ1n) is 9.10. The zero-order chi connectivity index (χ0) is 20.2. The summed E-state index contributed by atoms with van der Waals surface area (Å²) in [5, 5.41) is 6.41. The summed E-state index contributed by atoms with van der Waals surface area (Å²) in [7, 11) is 0. The number of nitrogens with zero attached hydrogens (tertiary/aromatic N) is 3. The quantitative estimate of drug-likeness (QED) is 0.710. The van der Waals surface area contributed by atoms with Gasteiger partial charge in [0.15, 0.2) is 5.82 Å². The van der Waals surface area contributed by atoms with Crippen LogP contribution in [0.4, 0.5) is 14.5 Å². The lowest BCUT2D eigenvalue weighted by Crippen LogP contribution is -2.37. The van der Waals surface area contributed by atoms with Gasteiger partial charge in [-0.05, 0) is 24.3 Å². The van der Waals surface area contributed by atoms with Gasteiger partial charge in [-0.3, -0.25) is 4.79 Å². The highest BCUT2D eigenvalue weighted by Crippen LogP contribution is 2.24. The highest BCUT2D eigenvalue weighted by atomic mass is 19.1. The number of carbonyl (C=O) groups is 1. The van der Waals surface area contributed by atoms with Crippen molar-refractivity contribution in [2.45, 2.75) is 6.54 Å². The molecule has 1 fully saturated rings. The van der Waals surface area contributed by atoms with Gasteiger partial charge in [0.1, 0.15) is 17.2 Å². The minimum atomic E-state index is -0.802. The largest absolute Gasteiger partial charge is 0.378 e. The molecule has 150 valence electrons. The fourth-order valence-corrected chi connectivity index (χ4v) is 3.13. The fraction of sp³-hybridized carbons (Fsp3) is 0.250. The van der Waals surface area contributed by atoms with Crippen molar-refractivity contribution in [1.82, 2.24) is 15.5 Å². The normalized spacial score (nSPS) is 14.1. The number of para-hydroxylation sites is 1. The average Bonchev–Trinajstić information content (AvgIpc) is 3.21. The van der Waals surface area contributed by atoms with E-state index in [0.29, 0.717) is 31.9 Å². The van der Waals surface area contributed by atoms with Crippen molar-refractivity contribution >= 4 is 11.6 Å². The van der Waals surface area contributed by atoms with Gasteiger partial charge in [-0.25, -0.2) is 8.78 Å². The predicted molar refractivity (Wildman–Crippen MR) is 100 cm³/mol. The first kappa shape index (κ1) is 19.0. The topological polar surface area (TPSA) is 80.5 Å². The molecule has 29 heavy (non-hydrogen) atoms. The smallest absolute Gasteiger partial charge is 0.263 e. The molecular formula is C20H18F2N4O3. The van der Waals surface area contributed by atoms with Gasteiger partial charge in [-0.2, -0.15) is 4.98 Å². The number of ether oxygens (including phenoxy) is 1. The van der Waals surface area contributed by atoms with E-state index in [2.05, 4.69) is 20.4 Å². The molecule has 1 amide bonds. The zero-order valence-corrected chi connectivity index (χ0v) is 15.4. The Morgan fingerprint density at radius 2 is 1.79 bits per heavy atom. The first-order valence-corrected chi connectivity index (χ1v) is 9.10. The van der Waals surface area contributed by atoms with Crippen LogP contribution in [0.5, 0.6) is 0 Å². The number of carbonyl (C=O) groups excluding carboxylic acids is 1. The highest BCUT2D eigenvalue weighted by molar-refractivity contribution is 5.99. The van der Waals surface area contributed by atoms with Crippen molar-refractivity contribution in [3.63, 3.8) is 0 Å². The fourth-order valence-electron chi connectivity index (χ4n) is 3.13. The molecule has 3 aromatic rings. The molecule has 2 aromatic carbocycles. The molecule has 2 heterocycles. The van der Waals surface area contributed by atoms with E-state index in [1.807, 2.05) is 12.1 Å². The predicted octanol–water partition coefficient (Wildman–Crippen LogP) is 2.78. The molecule has 0 bridgehead atoms. The summed E-state index contributed by atoms with van der Waals surface area (Å²) in [6.07, 6.45) is 0. The van der Waals surface area contributed by atoms with Crippen LogP contribution in [0.2, 0.25) is 0 Å². The van der Waals surface area contributed by atoms with E-state index in [-0.39, 0.29) is 24.2 Å². The zero-order valence-electron chi connectivity index (χ0n) is 15.4. The van der Waals surface area contributed by atoms with Gasteiger partial charge in [0.2, 0.25) is 0 Å². The minimum Gasteiger partial charge on any atom is -0.378 e. The second kappa shape index (κ2) is 8.36. The second-order valence-electron chi connectivity index (χ2n) is 6.41.